The minimum atomic E-state index is -0.286. The first-order chi connectivity index (χ1) is 8.25. The fraction of sp³-hybridized carbons (Fsp3) is 0.231. The predicted molar refractivity (Wildman–Crippen MR) is 64.8 cm³/mol. The van der Waals surface area contributed by atoms with Gasteiger partial charge >= 0.3 is 0 Å². The van der Waals surface area contributed by atoms with E-state index in [1.54, 1.807) is 18.2 Å². The van der Waals surface area contributed by atoms with E-state index in [2.05, 4.69) is 4.98 Å². The zero-order chi connectivity index (χ0) is 11.8. The molecule has 0 fully saturated rings. The molecule has 0 unspecified atom stereocenters. The highest BCUT2D eigenvalue weighted by molar-refractivity contribution is 7.17. The summed E-state index contributed by atoms with van der Waals surface area (Å²) in [5, 5.41) is 0.614. The van der Waals surface area contributed by atoms with Gasteiger partial charge in [-0.25, -0.2) is 9.37 Å². The lowest BCUT2D eigenvalue weighted by molar-refractivity contribution is 0.0976. The van der Waals surface area contributed by atoms with E-state index in [1.165, 1.54) is 17.4 Å². The first-order valence-corrected chi connectivity index (χ1v) is 6.35. The first-order valence-electron chi connectivity index (χ1n) is 5.53. The molecule has 0 saturated heterocycles. The summed E-state index contributed by atoms with van der Waals surface area (Å²) in [5.41, 5.74) is 1.32. The second kappa shape index (κ2) is 4.04. The summed E-state index contributed by atoms with van der Waals surface area (Å²) in [6, 6.07) is 6.54. The number of aromatic nitrogens is 1. The third-order valence-corrected chi connectivity index (χ3v) is 4.04. The molecule has 86 valence electrons. The standard InChI is InChI=1S/C13H10FNOS/c14-9-5-2-1-4-8(9)13-15-10-6-3-7-11(16)12(10)17-13/h1-2,4-5H,3,6-7H2. The Morgan fingerprint density at radius 2 is 2.06 bits per heavy atom. The van der Waals surface area contributed by atoms with Gasteiger partial charge < -0.3 is 0 Å². The first kappa shape index (κ1) is 10.6. The van der Waals surface area contributed by atoms with E-state index in [0.717, 1.165) is 23.4 Å². The van der Waals surface area contributed by atoms with Crippen LogP contribution in [0.4, 0.5) is 4.39 Å². The summed E-state index contributed by atoms with van der Waals surface area (Å²) in [6.45, 7) is 0. The number of ketones is 1. The zero-order valence-corrected chi connectivity index (χ0v) is 9.89. The van der Waals surface area contributed by atoms with Gasteiger partial charge in [-0.3, -0.25) is 4.79 Å². The lowest BCUT2D eigenvalue weighted by atomic mass is 10.0. The number of thiazole rings is 1. The number of hydrogen-bond acceptors (Lipinski definition) is 3. The van der Waals surface area contributed by atoms with Gasteiger partial charge in [0, 0.05) is 12.0 Å². The molecule has 0 bridgehead atoms. The van der Waals surface area contributed by atoms with Crippen LogP contribution in [0.2, 0.25) is 0 Å². The van der Waals surface area contributed by atoms with Crippen molar-refractivity contribution in [3.05, 3.63) is 40.7 Å². The average Bonchev–Trinajstić information content (AvgIpc) is 2.75. The molecule has 0 radical (unpaired) electrons. The highest BCUT2D eigenvalue weighted by atomic mass is 32.1. The van der Waals surface area contributed by atoms with Gasteiger partial charge in [-0.2, -0.15) is 0 Å². The minimum absolute atomic E-state index is 0.145. The largest absolute Gasteiger partial charge is 0.293 e. The molecule has 0 atom stereocenters. The molecule has 3 rings (SSSR count). The Bertz CT molecular complexity index is 591. The number of fused-ring (bicyclic) bond motifs is 1. The Morgan fingerprint density at radius 1 is 1.24 bits per heavy atom. The quantitative estimate of drug-likeness (QED) is 0.772. The molecule has 1 heterocycles. The van der Waals surface area contributed by atoms with Crippen LogP contribution in [0.5, 0.6) is 0 Å². The fourth-order valence-electron chi connectivity index (χ4n) is 2.02. The van der Waals surface area contributed by atoms with Crippen molar-refractivity contribution >= 4 is 17.1 Å². The van der Waals surface area contributed by atoms with Gasteiger partial charge in [-0.05, 0) is 25.0 Å². The Labute approximate surface area is 102 Å². The van der Waals surface area contributed by atoms with Crippen LogP contribution in [0.1, 0.15) is 28.2 Å². The molecular weight excluding hydrogens is 237 g/mol. The van der Waals surface area contributed by atoms with Crippen LogP contribution in [-0.4, -0.2) is 10.8 Å². The van der Waals surface area contributed by atoms with Gasteiger partial charge in [0.15, 0.2) is 5.78 Å². The number of aryl methyl sites for hydroxylation is 1. The van der Waals surface area contributed by atoms with Crippen molar-refractivity contribution in [2.24, 2.45) is 0 Å². The lowest BCUT2D eigenvalue weighted by Gasteiger charge is -2.06. The number of halogens is 1. The van der Waals surface area contributed by atoms with E-state index in [1.807, 2.05) is 0 Å². The second-order valence-electron chi connectivity index (χ2n) is 4.05. The Hall–Kier alpha value is -1.55. The van der Waals surface area contributed by atoms with Gasteiger partial charge in [0.2, 0.25) is 0 Å². The molecule has 2 aromatic rings. The molecule has 0 N–H and O–H groups in total. The van der Waals surface area contributed by atoms with Crippen LogP contribution in [-0.2, 0) is 6.42 Å². The van der Waals surface area contributed by atoms with Crippen LogP contribution in [0, 0.1) is 5.82 Å². The van der Waals surface area contributed by atoms with E-state index >= 15 is 0 Å². The lowest BCUT2D eigenvalue weighted by Crippen LogP contribution is -2.07. The fourth-order valence-corrected chi connectivity index (χ4v) is 3.12. The molecule has 1 aromatic carbocycles. The molecule has 0 spiro atoms. The summed E-state index contributed by atoms with van der Waals surface area (Å²) in [5.74, 6) is -0.141. The maximum absolute atomic E-state index is 13.6. The number of benzene rings is 1. The molecule has 4 heteroatoms. The van der Waals surface area contributed by atoms with Crippen molar-refractivity contribution in [3.63, 3.8) is 0 Å². The predicted octanol–water partition coefficient (Wildman–Crippen LogP) is 3.47. The van der Waals surface area contributed by atoms with Crippen molar-refractivity contribution in [3.8, 4) is 10.6 Å². The Balaban J connectivity index is 2.11. The van der Waals surface area contributed by atoms with Crippen molar-refractivity contribution in [1.82, 2.24) is 4.98 Å². The molecule has 2 nitrogen and oxygen atoms in total. The minimum Gasteiger partial charge on any atom is -0.293 e. The van der Waals surface area contributed by atoms with Crippen molar-refractivity contribution in [2.75, 3.05) is 0 Å². The van der Waals surface area contributed by atoms with Crippen LogP contribution in [0.25, 0.3) is 10.6 Å². The molecule has 0 aliphatic heterocycles. The number of Topliss-reactive ketones (excluding diaryl/α,β-unsaturated/α-hetero) is 1. The molecule has 1 aliphatic carbocycles. The Kier molecular flexibility index (Phi) is 2.52. The molecule has 0 saturated carbocycles. The van der Waals surface area contributed by atoms with Gasteiger partial charge in [0.1, 0.15) is 10.8 Å². The SMILES string of the molecule is O=C1CCCc2nc(-c3ccccc3F)sc21. The van der Waals surface area contributed by atoms with Gasteiger partial charge in [0.05, 0.1) is 10.6 Å². The summed E-state index contributed by atoms with van der Waals surface area (Å²) in [7, 11) is 0. The van der Waals surface area contributed by atoms with Gasteiger partial charge in [0.25, 0.3) is 0 Å². The maximum Gasteiger partial charge on any atom is 0.174 e. The molecule has 1 aliphatic rings. The highest BCUT2D eigenvalue weighted by Gasteiger charge is 2.23. The monoisotopic (exact) mass is 247 g/mol. The smallest absolute Gasteiger partial charge is 0.174 e. The van der Waals surface area contributed by atoms with E-state index in [0.29, 0.717) is 17.0 Å². The number of carbonyl (C=O) groups is 1. The van der Waals surface area contributed by atoms with Crippen LogP contribution < -0.4 is 0 Å². The van der Waals surface area contributed by atoms with E-state index in [-0.39, 0.29) is 11.6 Å². The maximum atomic E-state index is 13.6. The van der Waals surface area contributed by atoms with Crippen molar-refractivity contribution in [2.45, 2.75) is 19.3 Å². The molecule has 1 aromatic heterocycles. The van der Waals surface area contributed by atoms with E-state index < -0.39 is 0 Å². The molecule has 17 heavy (non-hydrogen) atoms. The summed E-state index contributed by atoms with van der Waals surface area (Å²) in [6.07, 6.45) is 2.27. The topological polar surface area (TPSA) is 30.0 Å². The third kappa shape index (κ3) is 1.78. The number of hydrogen-bond donors (Lipinski definition) is 0. The molecule has 0 amide bonds. The zero-order valence-electron chi connectivity index (χ0n) is 9.07. The average molecular weight is 247 g/mol. The van der Waals surface area contributed by atoms with Gasteiger partial charge in [-0.1, -0.05) is 12.1 Å². The summed E-state index contributed by atoms with van der Waals surface area (Å²) >= 11 is 1.31. The van der Waals surface area contributed by atoms with E-state index in [4.69, 9.17) is 0 Å². The number of rotatable bonds is 1. The van der Waals surface area contributed by atoms with E-state index in [9.17, 15) is 9.18 Å². The summed E-state index contributed by atoms with van der Waals surface area (Å²) < 4.78 is 13.6. The van der Waals surface area contributed by atoms with Crippen molar-refractivity contribution < 1.29 is 9.18 Å². The Morgan fingerprint density at radius 3 is 2.82 bits per heavy atom. The number of nitrogens with zero attached hydrogens (tertiary/aromatic N) is 1. The highest BCUT2D eigenvalue weighted by Crippen LogP contribution is 2.33. The summed E-state index contributed by atoms with van der Waals surface area (Å²) in [4.78, 5) is 16.8. The van der Waals surface area contributed by atoms with Crippen LogP contribution in [0.3, 0.4) is 0 Å². The third-order valence-electron chi connectivity index (χ3n) is 2.87. The van der Waals surface area contributed by atoms with Crippen LogP contribution in [0.15, 0.2) is 24.3 Å². The molecular formula is C13H10FNOS. The van der Waals surface area contributed by atoms with Gasteiger partial charge in [-0.15, -0.1) is 11.3 Å². The number of carbonyl (C=O) groups excluding carboxylic acids is 1. The second-order valence-corrected chi connectivity index (χ2v) is 5.05. The van der Waals surface area contributed by atoms with Crippen molar-refractivity contribution in [1.29, 1.82) is 0 Å². The normalized spacial score (nSPS) is 14.8. The van der Waals surface area contributed by atoms with Crippen LogP contribution >= 0.6 is 11.3 Å².